The van der Waals surface area contributed by atoms with Crippen molar-refractivity contribution in [3.05, 3.63) is 24.0 Å². The molecule has 0 bridgehead atoms. The minimum atomic E-state index is -0.0492. The molecule has 0 aliphatic carbocycles. The fourth-order valence-corrected chi connectivity index (χ4v) is 4.05. The van der Waals surface area contributed by atoms with Gasteiger partial charge < -0.3 is 19.1 Å². The number of fused-ring (bicyclic) bond motifs is 1. The Morgan fingerprint density at radius 3 is 2.92 bits per heavy atom. The molecule has 7 heteroatoms. The summed E-state index contributed by atoms with van der Waals surface area (Å²) in [6.45, 7) is 3.69. The van der Waals surface area contributed by atoms with Crippen molar-refractivity contribution in [2.75, 3.05) is 33.0 Å². The molecule has 1 aromatic heterocycles. The van der Waals surface area contributed by atoms with E-state index in [1.807, 2.05) is 4.90 Å². The zero-order chi connectivity index (χ0) is 17.1. The fourth-order valence-electron chi connectivity index (χ4n) is 4.05. The van der Waals surface area contributed by atoms with Crippen LogP contribution in [0.1, 0.15) is 36.0 Å². The van der Waals surface area contributed by atoms with E-state index < -0.39 is 0 Å². The maximum Gasteiger partial charge on any atom is 0.255 e. The standard InChI is InChI=1S/C18H25N3O4/c22-18(14-3-6-19-20-10-14)21-11-16(17-15(21)2-1-7-24-17)25-12-13-4-8-23-9-5-13/h3,6,10,13,15-17H,1-2,4-5,7-9,11-12H2/t15-,16+,17+/m1/s1. The molecule has 0 unspecified atom stereocenters. The molecule has 3 saturated heterocycles. The highest BCUT2D eigenvalue weighted by Gasteiger charge is 2.47. The van der Waals surface area contributed by atoms with E-state index in [-0.39, 0.29) is 24.2 Å². The number of likely N-dealkylation sites (tertiary alicyclic amines) is 1. The first-order valence-corrected chi connectivity index (χ1v) is 9.21. The van der Waals surface area contributed by atoms with E-state index in [4.69, 9.17) is 14.2 Å². The normalized spacial score (nSPS) is 30.2. The zero-order valence-electron chi connectivity index (χ0n) is 14.4. The average Bonchev–Trinajstić information content (AvgIpc) is 3.06. The smallest absolute Gasteiger partial charge is 0.255 e. The molecule has 136 valence electrons. The van der Waals surface area contributed by atoms with Crippen molar-refractivity contribution in [3.63, 3.8) is 0 Å². The maximum atomic E-state index is 12.9. The first-order valence-electron chi connectivity index (χ1n) is 9.21. The van der Waals surface area contributed by atoms with E-state index >= 15 is 0 Å². The van der Waals surface area contributed by atoms with Crippen molar-refractivity contribution in [1.29, 1.82) is 0 Å². The Balaban J connectivity index is 1.43. The third kappa shape index (κ3) is 3.68. The molecular formula is C18H25N3O4. The molecule has 3 aliphatic rings. The largest absolute Gasteiger partial charge is 0.381 e. The summed E-state index contributed by atoms with van der Waals surface area (Å²) in [6.07, 6.45) is 7.05. The maximum absolute atomic E-state index is 12.9. The third-order valence-electron chi connectivity index (χ3n) is 5.46. The van der Waals surface area contributed by atoms with Gasteiger partial charge in [0.2, 0.25) is 0 Å². The lowest BCUT2D eigenvalue weighted by Crippen LogP contribution is -2.44. The molecule has 25 heavy (non-hydrogen) atoms. The molecular weight excluding hydrogens is 322 g/mol. The Bertz CT molecular complexity index is 579. The minimum Gasteiger partial charge on any atom is -0.381 e. The van der Waals surface area contributed by atoms with Crippen LogP contribution in [0.15, 0.2) is 18.5 Å². The molecule has 4 heterocycles. The molecule has 0 spiro atoms. The summed E-state index contributed by atoms with van der Waals surface area (Å²) in [5, 5.41) is 7.58. The molecule has 0 radical (unpaired) electrons. The number of rotatable bonds is 4. The number of nitrogens with zero attached hydrogens (tertiary/aromatic N) is 3. The molecule has 1 amide bonds. The van der Waals surface area contributed by atoms with Crippen molar-refractivity contribution in [2.24, 2.45) is 5.92 Å². The summed E-state index contributed by atoms with van der Waals surface area (Å²) >= 11 is 0. The molecule has 7 nitrogen and oxygen atoms in total. The summed E-state index contributed by atoms with van der Waals surface area (Å²) in [5.74, 6) is 0.539. The van der Waals surface area contributed by atoms with Crippen molar-refractivity contribution >= 4 is 5.91 Å². The Hall–Kier alpha value is -1.57. The van der Waals surface area contributed by atoms with Crippen LogP contribution in [0.4, 0.5) is 0 Å². The molecule has 4 rings (SSSR count). The van der Waals surface area contributed by atoms with Gasteiger partial charge in [-0.05, 0) is 37.7 Å². The van der Waals surface area contributed by atoms with Gasteiger partial charge in [-0.25, -0.2) is 0 Å². The Morgan fingerprint density at radius 1 is 1.24 bits per heavy atom. The van der Waals surface area contributed by atoms with Gasteiger partial charge in [0.1, 0.15) is 12.2 Å². The quantitative estimate of drug-likeness (QED) is 0.817. The highest BCUT2D eigenvalue weighted by Crippen LogP contribution is 2.32. The SMILES string of the molecule is O=C(c1ccnnc1)N1C[C@H](OCC2CCOCC2)[C@H]2OCCC[C@H]21. The molecule has 0 saturated carbocycles. The minimum absolute atomic E-state index is 0.00688. The predicted molar refractivity (Wildman–Crippen MR) is 89.1 cm³/mol. The number of hydrogen-bond acceptors (Lipinski definition) is 6. The molecule has 0 aromatic carbocycles. The van der Waals surface area contributed by atoms with E-state index in [1.165, 1.54) is 6.20 Å². The number of carbonyl (C=O) groups excluding carboxylic acids is 1. The number of aromatic nitrogens is 2. The van der Waals surface area contributed by atoms with Gasteiger partial charge >= 0.3 is 0 Å². The molecule has 1 aromatic rings. The second-order valence-electron chi connectivity index (χ2n) is 7.06. The van der Waals surface area contributed by atoms with Gasteiger partial charge in [0.05, 0.1) is 37.2 Å². The van der Waals surface area contributed by atoms with Gasteiger partial charge in [0.25, 0.3) is 5.91 Å². The van der Waals surface area contributed by atoms with Crippen LogP contribution in [0.2, 0.25) is 0 Å². The second kappa shape index (κ2) is 7.76. The second-order valence-corrected chi connectivity index (χ2v) is 7.06. The van der Waals surface area contributed by atoms with Gasteiger partial charge in [-0.2, -0.15) is 10.2 Å². The summed E-state index contributed by atoms with van der Waals surface area (Å²) in [4.78, 5) is 14.8. The van der Waals surface area contributed by atoms with Crippen LogP contribution in [0.5, 0.6) is 0 Å². The highest BCUT2D eigenvalue weighted by molar-refractivity contribution is 5.94. The Labute approximate surface area is 147 Å². The van der Waals surface area contributed by atoms with Gasteiger partial charge in [-0.1, -0.05) is 0 Å². The van der Waals surface area contributed by atoms with Crippen LogP contribution in [0.25, 0.3) is 0 Å². The first-order chi connectivity index (χ1) is 12.3. The summed E-state index contributed by atoms with van der Waals surface area (Å²) in [6, 6.07) is 1.80. The summed E-state index contributed by atoms with van der Waals surface area (Å²) in [7, 11) is 0. The number of carbonyl (C=O) groups is 1. The van der Waals surface area contributed by atoms with Crippen molar-refractivity contribution in [3.8, 4) is 0 Å². The average molecular weight is 347 g/mol. The van der Waals surface area contributed by atoms with Crippen molar-refractivity contribution < 1.29 is 19.0 Å². The van der Waals surface area contributed by atoms with Crippen LogP contribution >= 0.6 is 0 Å². The molecule has 0 N–H and O–H groups in total. The fraction of sp³-hybridized carbons (Fsp3) is 0.722. The topological polar surface area (TPSA) is 73.8 Å². The van der Waals surface area contributed by atoms with Crippen LogP contribution < -0.4 is 0 Å². The van der Waals surface area contributed by atoms with Crippen molar-refractivity contribution in [1.82, 2.24) is 15.1 Å². The predicted octanol–water partition coefficient (Wildman–Crippen LogP) is 1.29. The first kappa shape index (κ1) is 16.9. The third-order valence-corrected chi connectivity index (χ3v) is 5.46. The Morgan fingerprint density at radius 2 is 2.12 bits per heavy atom. The van der Waals surface area contributed by atoms with E-state index in [9.17, 15) is 4.79 Å². The number of amides is 1. The lowest BCUT2D eigenvalue weighted by molar-refractivity contribution is -0.0886. The lowest BCUT2D eigenvalue weighted by atomic mass is 10.0. The molecule has 3 atom stereocenters. The highest BCUT2D eigenvalue weighted by atomic mass is 16.5. The zero-order valence-corrected chi connectivity index (χ0v) is 14.4. The van der Waals surface area contributed by atoms with E-state index in [0.29, 0.717) is 18.0 Å². The van der Waals surface area contributed by atoms with E-state index in [1.54, 1.807) is 12.3 Å². The van der Waals surface area contributed by atoms with Gasteiger partial charge in [-0.15, -0.1) is 0 Å². The lowest BCUT2D eigenvalue weighted by Gasteiger charge is -2.32. The monoisotopic (exact) mass is 347 g/mol. The number of ether oxygens (including phenoxy) is 3. The molecule has 3 fully saturated rings. The molecule has 3 aliphatic heterocycles. The summed E-state index contributed by atoms with van der Waals surface area (Å²) < 4.78 is 17.6. The van der Waals surface area contributed by atoms with E-state index in [0.717, 1.165) is 52.1 Å². The van der Waals surface area contributed by atoms with Gasteiger partial charge in [-0.3, -0.25) is 4.79 Å². The van der Waals surface area contributed by atoms with Crippen molar-refractivity contribution in [2.45, 2.75) is 43.9 Å². The van der Waals surface area contributed by atoms with Crippen LogP contribution in [-0.2, 0) is 14.2 Å². The van der Waals surface area contributed by atoms with Crippen LogP contribution in [0, 0.1) is 5.92 Å². The van der Waals surface area contributed by atoms with Crippen LogP contribution in [-0.4, -0.2) is 72.2 Å². The summed E-state index contributed by atoms with van der Waals surface area (Å²) in [5.41, 5.74) is 0.574. The van der Waals surface area contributed by atoms with Crippen LogP contribution in [0.3, 0.4) is 0 Å². The van der Waals surface area contributed by atoms with Gasteiger partial charge in [0, 0.05) is 19.8 Å². The van der Waals surface area contributed by atoms with E-state index in [2.05, 4.69) is 10.2 Å². The van der Waals surface area contributed by atoms with Gasteiger partial charge in [0.15, 0.2) is 0 Å². The Kier molecular flexibility index (Phi) is 5.24. The number of hydrogen-bond donors (Lipinski definition) is 0.